The first-order valence-electron chi connectivity index (χ1n) is 9.42. The lowest BCUT2D eigenvalue weighted by molar-refractivity contribution is -0.127. The molecule has 0 saturated carbocycles. The molecule has 0 aliphatic rings. The molecule has 0 radical (unpaired) electrons. The molecule has 0 bridgehead atoms. The number of carbonyl (C=O) groups is 1. The van der Waals surface area contributed by atoms with E-state index in [1.807, 2.05) is 49.0 Å². The molecular formula is C22H22N4O3S. The van der Waals surface area contributed by atoms with E-state index in [0.717, 1.165) is 22.1 Å². The van der Waals surface area contributed by atoms with E-state index >= 15 is 0 Å². The predicted octanol–water partition coefficient (Wildman–Crippen LogP) is 3.99. The molecule has 0 unspecified atom stereocenters. The van der Waals surface area contributed by atoms with Crippen LogP contribution in [0.4, 0.5) is 0 Å². The second kappa shape index (κ2) is 8.62. The Balaban J connectivity index is 1.38. The normalized spacial score (nSPS) is 11.0. The van der Waals surface area contributed by atoms with Gasteiger partial charge in [-0.25, -0.2) is 0 Å². The molecule has 30 heavy (non-hydrogen) atoms. The highest BCUT2D eigenvalue weighted by atomic mass is 32.2. The number of nitrogens with zero attached hydrogens (tertiary/aromatic N) is 4. The third-order valence-electron chi connectivity index (χ3n) is 4.86. The summed E-state index contributed by atoms with van der Waals surface area (Å²) in [5, 5.41) is 11.2. The molecule has 4 aromatic rings. The van der Waals surface area contributed by atoms with Crippen molar-refractivity contribution in [2.24, 2.45) is 7.05 Å². The van der Waals surface area contributed by atoms with Crippen LogP contribution in [0.15, 0.2) is 64.4 Å². The number of hydrogen-bond donors (Lipinski definition) is 0. The predicted molar refractivity (Wildman–Crippen MR) is 116 cm³/mol. The Kier molecular flexibility index (Phi) is 5.76. The van der Waals surface area contributed by atoms with Crippen LogP contribution in [0.2, 0.25) is 0 Å². The van der Waals surface area contributed by atoms with Gasteiger partial charge in [0.1, 0.15) is 5.75 Å². The molecule has 0 aliphatic carbocycles. The van der Waals surface area contributed by atoms with Crippen molar-refractivity contribution < 1.29 is 13.9 Å². The Hall–Kier alpha value is -3.26. The van der Waals surface area contributed by atoms with E-state index in [4.69, 9.17) is 9.15 Å². The highest BCUT2D eigenvalue weighted by molar-refractivity contribution is 7.99. The molecule has 154 valence electrons. The van der Waals surface area contributed by atoms with Gasteiger partial charge in [-0.3, -0.25) is 4.79 Å². The maximum Gasteiger partial charge on any atom is 0.233 e. The Morgan fingerprint density at radius 2 is 1.97 bits per heavy atom. The van der Waals surface area contributed by atoms with Crippen LogP contribution in [-0.2, 0) is 18.4 Å². The molecule has 0 spiro atoms. The minimum atomic E-state index is 0.0253. The molecule has 2 aromatic carbocycles. The number of rotatable bonds is 7. The van der Waals surface area contributed by atoms with Gasteiger partial charge in [0, 0.05) is 20.6 Å². The zero-order valence-corrected chi connectivity index (χ0v) is 17.8. The van der Waals surface area contributed by atoms with Gasteiger partial charge >= 0.3 is 0 Å². The highest BCUT2D eigenvalue weighted by Gasteiger charge is 2.16. The van der Waals surface area contributed by atoms with Crippen LogP contribution in [0.1, 0.15) is 5.56 Å². The Morgan fingerprint density at radius 1 is 1.17 bits per heavy atom. The van der Waals surface area contributed by atoms with Gasteiger partial charge in [-0.1, -0.05) is 30.0 Å². The average Bonchev–Trinajstić information content (AvgIpc) is 3.41. The molecule has 0 saturated heterocycles. The number of thioether (sulfide) groups is 1. The molecule has 0 atom stereocenters. The molecule has 2 aromatic heterocycles. The molecule has 2 heterocycles. The van der Waals surface area contributed by atoms with Crippen LogP contribution in [0.5, 0.6) is 5.75 Å². The van der Waals surface area contributed by atoms with Crippen molar-refractivity contribution in [2.75, 3.05) is 19.9 Å². The minimum Gasteiger partial charge on any atom is -0.497 e. The second-order valence-corrected chi connectivity index (χ2v) is 7.87. The van der Waals surface area contributed by atoms with Gasteiger partial charge < -0.3 is 18.6 Å². The Morgan fingerprint density at radius 3 is 2.73 bits per heavy atom. The van der Waals surface area contributed by atoms with Crippen LogP contribution in [0, 0.1) is 0 Å². The summed E-state index contributed by atoms with van der Waals surface area (Å²) in [7, 11) is 5.33. The number of methoxy groups -OCH3 is 1. The molecule has 1 amide bonds. The van der Waals surface area contributed by atoms with Gasteiger partial charge in [0.05, 0.1) is 19.1 Å². The van der Waals surface area contributed by atoms with Crippen LogP contribution >= 0.6 is 11.8 Å². The molecule has 0 fully saturated rings. The fourth-order valence-electron chi connectivity index (χ4n) is 3.16. The summed E-state index contributed by atoms with van der Waals surface area (Å²) >= 11 is 1.36. The summed E-state index contributed by atoms with van der Waals surface area (Å²) in [5.41, 5.74) is 1.08. The second-order valence-electron chi connectivity index (χ2n) is 6.93. The lowest BCUT2D eigenvalue weighted by atomic mass is 10.1. The number of ether oxygens (including phenoxy) is 1. The molecular weight excluding hydrogens is 400 g/mol. The number of benzene rings is 2. The van der Waals surface area contributed by atoms with E-state index in [1.165, 1.54) is 11.8 Å². The fourth-order valence-corrected chi connectivity index (χ4v) is 4.01. The van der Waals surface area contributed by atoms with Gasteiger partial charge in [0.15, 0.2) is 16.7 Å². The summed E-state index contributed by atoms with van der Waals surface area (Å²) in [4.78, 5) is 14.4. The topological polar surface area (TPSA) is 73.4 Å². The van der Waals surface area contributed by atoms with E-state index in [-0.39, 0.29) is 11.7 Å². The molecule has 4 rings (SSSR count). The van der Waals surface area contributed by atoms with E-state index < -0.39 is 0 Å². The zero-order valence-electron chi connectivity index (χ0n) is 17.0. The number of amides is 1. The average molecular weight is 423 g/mol. The van der Waals surface area contributed by atoms with Crippen molar-refractivity contribution in [2.45, 2.75) is 11.7 Å². The standard InChI is InChI=1S/C22H22N4O3S/c1-25(13-15-6-7-17-12-18(28-3)9-8-16(17)11-15)20(27)14-30-22-24-23-21(26(22)2)19-5-4-10-29-19/h4-12H,13-14H2,1-3H3. The third kappa shape index (κ3) is 4.18. The van der Waals surface area contributed by atoms with E-state index in [1.54, 1.807) is 24.3 Å². The maximum absolute atomic E-state index is 12.6. The van der Waals surface area contributed by atoms with Crippen LogP contribution in [-0.4, -0.2) is 45.5 Å². The van der Waals surface area contributed by atoms with Crippen molar-refractivity contribution in [1.82, 2.24) is 19.7 Å². The van der Waals surface area contributed by atoms with Crippen LogP contribution < -0.4 is 4.74 Å². The number of carbonyl (C=O) groups excluding carboxylic acids is 1. The van der Waals surface area contributed by atoms with Crippen molar-refractivity contribution in [3.05, 3.63) is 60.4 Å². The van der Waals surface area contributed by atoms with Gasteiger partial charge in [0.25, 0.3) is 0 Å². The van der Waals surface area contributed by atoms with Crippen molar-refractivity contribution in [3.8, 4) is 17.3 Å². The summed E-state index contributed by atoms with van der Waals surface area (Å²) < 4.78 is 12.5. The lowest BCUT2D eigenvalue weighted by Crippen LogP contribution is -2.27. The molecule has 0 N–H and O–H groups in total. The Bertz CT molecular complexity index is 1170. The van der Waals surface area contributed by atoms with Crippen molar-refractivity contribution in [3.63, 3.8) is 0 Å². The van der Waals surface area contributed by atoms with Gasteiger partial charge in [-0.05, 0) is 46.7 Å². The number of aromatic nitrogens is 3. The molecule has 0 aliphatic heterocycles. The maximum atomic E-state index is 12.6. The fraction of sp³-hybridized carbons (Fsp3) is 0.227. The van der Waals surface area contributed by atoms with Crippen molar-refractivity contribution in [1.29, 1.82) is 0 Å². The number of hydrogen-bond acceptors (Lipinski definition) is 6. The van der Waals surface area contributed by atoms with Gasteiger partial charge in [-0.2, -0.15) is 0 Å². The number of furan rings is 1. The van der Waals surface area contributed by atoms with E-state index in [0.29, 0.717) is 23.3 Å². The first-order valence-corrected chi connectivity index (χ1v) is 10.4. The third-order valence-corrected chi connectivity index (χ3v) is 5.86. The Labute approximate surface area is 178 Å². The van der Waals surface area contributed by atoms with E-state index in [2.05, 4.69) is 22.3 Å². The first-order chi connectivity index (χ1) is 14.5. The summed E-state index contributed by atoms with van der Waals surface area (Å²) in [6, 6.07) is 15.8. The van der Waals surface area contributed by atoms with Gasteiger partial charge in [-0.15, -0.1) is 10.2 Å². The lowest BCUT2D eigenvalue weighted by Gasteiger charge is -2.17. The SMILES string of the molecule is COc1ccc2cc(CN(C)C(=O)CSc3nnc(-c4ccco4)n3C)ccc2c1. The van der Waals surface area contributed by atoms with Crippen molar-refractivity contribution >= 4 is 28.4 Å². The smallest absolute Gasteiger partial charge is 0.233 e. The molecule has 8 heteroatoms. The summed E-state index contributed by atoms with van der Waals surface area (Å²) in [6.45, 7) is 0.540. The highest BCUT2D eigenvalue weighted by Crippen LogP contribution is 2.24. The van der Waals surface area contributed by atoms with Crippen LogP contribution in [0.3, 0.4) is 0 Å². The zero-order chi connectivity index (χ0) is 21.1. The first kappa shape index (κ1) is 20.0. The number of fused-ring (bicyclic) bond motifs is 1. The summed E-state index contributed by atoms with van der Waals surface area (Å²) in [6.07, 6.45) is 1.60. The quantitative estimate of drug-likeness (QED) is 0.419. The summed E-state index contributed by atoms with van der Waals surface area (Å²) in [5.74, 6) is 2.42. The minimum absolute atomic E-state index is 0.0253. The van der Waals surface area contributed by atoms with Gasteiger partial charge in [0.2, 0.25) is 5.91 Å². The van der Waals surface area contributed by atoms with E-state index in [9.17, 15) is 4.79 Å². The largest absolute Gasteiger partial charge is 0.497 e. The monoisotopic (exact) mass is 422 g/mol. The van der Waals surface area contributed by atoms with Crippen LogP contribution in [0.25, 0.3) is 22.4 Å². The molecule has 7 nitrogen and oxygen atoms in total.